The van der Waals surface area contributed by atoms with E-state index in [9.17, 15) is 5.11 Å². The molecule has 5 heteroatoms. The Kier molecular flexibility index (Phi) is 6.14. The van der Waals surface area contributed by atoms with Gasteiger partial charge in [0.2, 0.25) is 6.79 Å². The largest absolute Gasteiger partial charge is 0.491 e. The number of aliphatic hydroxyl groups excluding tert-OH is 1. The number of hydrogen-bond donors (Lipinski definition) is 1. The quantitative estimate of drug-likeness (QED) is 0.757. The molecule has 0 spiro atoms. The molecular weight excluding hydrogens is 270 g/mol. The minimum absolute atomic E-state index is 0.254. The molecule has 0 aliphatic carbocycles. The Labute approximate surface area is 126 Å². The standard InChI is InChI=1S/C16H25NO4/c1-3-7-17(8-4-2)10-13(18)11-19-14-5-6-15-16(9-14)21-12-20-15/h5-6,9,13,18H,3-4,7-8,10-12H2,1-2H3/t13-/m1/s1. The van der Waals surface area contributed by atoms with E-state index in [1.54, 1.807) is 6.07 Å². The predicted octanol–water partition coefficient (Wildman–Crippen LogP) is 2.28. The second kappa shape index (κ2) is 8.10. The van der Waals surface area contributed by atoms with Gasteiger partial charge in [-0.3, -0.25) is 0 Å². The Balaban J connectivity index is 1.79. The van der Waals surface area contributed by atoms with Gasteiger partial charge in [0.15, 0.2) is 11.5 Å². The average molecular weight is 295 g/mol. The maximum Gasteiger partial charge on any atom is 0.231 e. The van der Waals surface area contributed by atoms with Crippen LogP contribution in [-0.4, -0.2) is 49.1 Å². The number of fused-ring (bicyclic) bond motifs is 1. The summed E-state index contributed by atoms with van der Waals surface area (Å²) < 4.78 is 16.2. The van der Waals surface area contributed by atoms with E-state index in [1.165, 1.54) is 0 Å². The first-order valence-corrected chi connectivity index (χ1v) is 7.65. The lowest BCUT2D eigenvalue weighted by molar-refractivity contribution is 0.0681. The van der Waals surface area contributed by atoms with Gasteiger partial charge >= 0.3 is 0 Å². The van der Waals surface area contributed by atoms with Crippen LogP contribution in [0.2, 0.25) is 0 Å². The summed E-state index contributed by atoms with van der Waals surface area (Å²) in [6, 6.07) is 5.45. The lowest BCUT2D eigenvalue weighted by atomic mass is 10.3. The molecule has 0 aromatic heterocycles. The van der Waals surface area contributed by atoms with Crippen LogP contribution in [0.5, 0.6) is 17.2 Å². The van der Waals surface area contributed by atoms with Crippen molar-refractivity contribution in [1.29, 1.82) is 0 Å². The van der Waals surface area contributed by atoms with Crippen LogP contribution < -0.4 is 14.2 Å². The van der Waals surface area contributed by atoms with Crippen molar-refractivity contribution in [2.45, 2.75) is 32.8 Å². The van der Waals surface area contributed by atoms with Crippen LogP contribution in [0.3, 0.4) is 0 Å². The van der Waals surface area contributed by atoms with Gasteiger partial charge in [-0.05, 0) is 38.1 Å². The number of aliphatic hydroxyl groups is 1. The van der Waals surface area contributed by atoms with Crippen molar-refractivity contribution in [2.75, 3.05) is 33.0 Å². The fraction of sp³-hybridized carbons (Fsp3) is 0.625. The summed E-state index contributed by atoms with van der Waals surface area (Å²) in [6.07, 6.45) is 1.69. The summed E-state index contributed by atoms with van der Waals surface area (Å²) in [7, 11) is 0. The van der Waals surface area contributed by atoms with Gasteiger partial charge in [0.05, 0.1) is 0 Å². The molecule has 0 bridgehead atoms. The zero-order chi connectivity index (χ0) is 15.1. The molecular formula is C16H25NO4. The molecule has 1 aromatic rings. The smallest absolute Gasteiger partial charge is 0.231 e. The Bertz CT molecular complexity index is 432. The number of ether oxygens (including phenoxy) is 3. The topological polar surface area (TPSA) is 51.2 Å². The molecule has 1 atom stereocenters. The van der Waals surface area contributed by atoms with E-state index in [0.717, 1.165) is 31.7 Å². The van der Waals surface area contributed by atoms with Gasteiger partial charge in [-0.1, -0.05) is 13.8 Å². The Hall–Kier alpha value is -1.46. The van der Waals surface area contributed by atoms with Crippen molar-refractivity contribution in [1.82, 2.24) is 4.90 Å². The van der Waals surface area contributed by atoms with Gasteiger partial charge < -0.3 is 24.2 Å². The molecule has 1 aromatic carbocycles. The highest BCUT2D eigenvalue weighted by molar-refractivity contribution is 5.46. The van der Waals surface area contributed by atoms with Crippen LogP contribution in [0.1, 0.15) is 26.7 Å². The van der Waals surface area contributed by atoms with E-state index in [1.807, 2.05) is 12.1 Å². The highest BCUT2D eigenvalue weighted by Gasteiger charge is 2.15. The van der Waals surface area contributed by atoms with Crippen LogP contribution >= 0.6 is 0 Å². The van der Waals surface area contributed by atoms with Crippen LogP contribution in [0.25, 0.3) is 0 Å². The lowest BCUT2D eigenvalue weighted by Gasteiger charge is -2.24. The SMILES string of the molecule is CCCN(CCC)C[C@@H](O)COc1ccc2c(c1)OCO2. The lowest BCUT2D eigenvalue weighted by Crippen LogP contribution is -2.36. The van der Waals surface area contributed by atoms with E-state index >= 15 is 0 Å². The molecule has 118 valence electrons. The van der Waals surface area contributed by atoms with Crippen molar-refractivity contribution in [3.63, 3.8) is 0 Å². The van der Waals surface area contributed by atoms with Crippen LogP contribution in [0.15, 0.2) is 18.2 Å². The Morgan fingerprint density at radius 3 is 2.62 bits per heavy atom. The van der Waals surface area contributed by atoms with Gasteiger partial charge in [-0.2, -0.15) is 0 Å². The summed E-state index contributed by atoms with van der Waals surface area (Å²) in [5, 5.41) is 10.1. The number of hydrogen-bond acceptors (Lipinski definition) is 5. The first kappa shape index (κ1) is 15.9. The molecule has 1 aliphatic heterocycles. The molecule has 2 rings (SSSR count). The van der Waals surface area contributed by atoms with E-state index < -0.39 is 6.10 Å². The van der Waals surface area contributed by atoms with Gasteiger partial charge in [0, 0.05) is 12.6 Å². The molecule has 1 aliphatic rings. The third-order valence-corrected chi connectivity index (χ3v) is 3.34. The maximum absolute atomic E-state index is 10.1. The summed E-state index contributed by atoms with van der Waals surface area (Å²) in [5.74, 6) is 2.12. The van der Waals surface area contributed by atoms with Gasteiger partial charge in [0.1, 0.15) is 18.5 Å². The maximum atomic E-state index is 10.1. The van der Waals surface area contributed by atoms with E-state index in [2.05, 4.69) is 18.7 Å². The second-order valence-electron chi connectivity index (χ2n) is 5.28. The molecule has 0 fully saturated rings. The first-order chi connectivity index (χ1) is 10.2. The average Bonchev–Trinajstić information content (AvgIpc) is 2.93. The summed E-state index contributed by atoms with van der Waals surface area (Å²) in [4.78, 5) is 2.27. The van der Waals surface area contributed by atoms with Crippen molar-refractivity contribution >= 4 is 0 Å². The molecule has 21 heavy (non-hydrogen) atoms. The molecule has 0 amide bonds. The molecule has 5 nitrogen and oxygen atoms in total. The molecule has 0 saturated carbocycles. The Morgan fingerprint density at radius 1 is 1.19 bits per heavy atom. The number of benzene rings is 1. The highest BCUT2D eigenvalue weighted by atomic mass is 16.7. The Morgan fingerprint density at radius 2 is 1.90 bits per heavy atom. The summed E-state index contributed by atoms with van der Waals surface area (Å²) >= 11 is 0. The predicted molar refractivity (Wildman–Crippen MR) is 81.1 cm³/mol. The first-order valence-electron chi connectivity index (χ1n) is 7.65. The monoisotopic (exact) mass is 295 g/mol. The van der Waals surface area contributed by atoms with Gasteiger partial charge in [-0.15, -0.1) is 0 Å². The van der Waals surface area contributed by atoms with Crippen molar-refractivity contribution < 1.29 is 19.3 Å². The molecule has 0 saturated heterocycles. The zero-order valence-corrected chi connectivity index (χ0v) is 12.9. The normalized spacial score (nSPS) is 14.5. The van der Waals surface area contributed by atoms with E-state index in [-0.39, 0.29) is 13.4 Å². The van der Waals surface area contributed by atoms with Crippen molar-refractivity contribution in [3.8, 4) is 17.2 Å². The molecule has 1 heterocycles. The second-order valence-corrected chi connectivity index (χ2v) is 5.28. The summed E-state index contributed by atoms with van der Waals surface area (Å²) in [5.41, 5.74) is 0. The third kappa shape index (κ3) is 4.79. The van der Waals surface area contributed by atoms with Crippen molar-refractivity contribution in [2.24, 2.45) is 0 Å². The van der Waals surface area contributed by atoms with Gasteiger partial charge in [0.25, 0.3) is 0 Å². The molecule has 1 N–H and O–H groups in total. The third-order valence-electron chi connectivity index (χ3n) is 3.34. The fourth-order valence-electron chi connectivity index (χ4n) is 2.44. The molecule has 0 radical (unpaired) electrons. The fourth-order valence-corrected chi connectivity index (χ4v) is 2.44. The number of nitrogens with zero attached hydrogens (tertiary/aromatic N) is 1. The number of rotatable bonds is 9. The van der Waals surface area contributed by atoms with Crippen molar-refractivity contribution in [3.05, 3.63) is 18.2 Å². The minimum Gasteiger partial charge on any atom is -0.491 e. The minimum atomic E-state index is -0.492. The zero-order valence-electron chi connectivity index (χ0n) is 12.9. The molecule has 0 unspecified atom stereocenters. The van der Waals surface area contributed by atoms with Crippen LogP contribution in [0, 0.1) is 0 Å². The highest BCUT2D eigenvalue weighted by Crippen LogP contribution is 2.35. The van der Waals surface area contributed by atoms with Crippen LogP contribution in [-0.2, 0) is 0 Å². The van der Waals surface area contributed by atoms with E-state index in [0.29, 0.717) is 18.0 Å². The van der Waals surface area contributed by atoms with Gasteiger partial charge in [-0.25, -0.2) is 0 Å². The summed E-state index contributed by atoms with van der Waals surface area (Å²) in [6.45, 7) is 7.50. The van der Waals surface area contributed by atoms with Crippen LogP contribution in [0.4, 0.5) is 0 Å². The van der Waals surface area contributed by atoms with E-state index in [4.69, 9.17) is 14.2 Å².